The quantitative estimate of drug-likeness (QED) is 0.152. The second-order valence-electron chi connectivity index (χ2n) is 19.3. The lowest BCUT2D eigenvalue weighted by Crippen LogP contribution is -2.00. The summed E-state index contributed by atoms with van der Waals surface area (Å²) in [6.07, 6.45) is 6.61. The van der Waals surface area contributed by atoms with E-state index in [4.69, 9.17) is 15.0 Å². The number of aromatic nitrogens is 3. The number of nitrogens with zero attached hydrogens (tertiary/aromatic N) is 4. The minimum absolute atomic E-state index is 0.595. The van der Waals surface area contributed by atoms with Gasteiger partial charge in [0.1, 0.15) is 0 Å². The molecule has 1 heterocycles. The minimum atomic E-state index is 0.595. The van der Waals surface area contributed by atoms with Gasteiger partial charge in [0.15, 0.2) is 17.5 Å². The van der Waals surface area contributed by atoms with Gasteiger partial charge in [-0.25, -0.2) is 15.0 Å². The Kier molecular flexibility index (Phi) is 10.3. The molecule has 2 aliphatic carbocycles. The first kappa shape index (κ1) is 43.0. The molecule has 0 atom stereocenters. The number of rotatable bonds is 8. The SMILES string of the molecule is N#Cc1cc(-c2cccc(-c3cccc(-c4nc(-c5ccccc5)nc(-c5ccc(-c6ccc7c(c6)-c6cccc8cccc-7c68)cc5)n4)c3)c2)ccc1-c1ccccc1-c1cc2c(c3ccccc13)C=CCC2. The van der Waals surface area contributed by atoms with Crippen LogP contribution < -0.4 is 0 Å². The first-order valence-electron chi connectivity index (χ1n) is 25.3. The number of aryl methyl sites for hydroxylation is 1. The number of nitriles is 1. The van der Waals surface area contributed by atoms with Gasteiger partial charge in [-0.15, -0.1) is 0 Å². The lowest BCUT2D eigenvalue weighted by Gasteiger charge is -2.19. The molecular formula is C70H44N4. The van der Waals surface area contributed by atoms with Gasteiger partial charge >= 0.3 is 0 Å². The van der Waals surface area contributed by atoms with Crippen molar-refractivity contribution in [1.82, 2.24) is 15.0 Å². The molecular weight excluding hydrogens is 897 g/mol. The summed E-state index contributed by atoms with van der Waals surface area (Å²) in [4.78, 5) is 15.3. The van der Waals surface area contributed by atoms with Crippen molar-refractivity contribution >= 4 is 27.6 Å². The third-order valence-corrected chi connectivity index (χ3v) is 15.0. The maximum atomic E-state index is 10.8. The zero-order valence-corrected chi connectivity index (χ0v) is 40.3. The Morgan fingerprint density at radius 3 is 1.54 bits per heavy atom. The summed E-state index contributed by atoms with van der Waals surface area (Å²) in [5.74, 6) is 1.82. The first-order valence-corrected chi connectivity index (χ1v) is 25.3. The van der Waals surface area contributed by atoms with Crippen molar-refractivity contribution in [3.8, 4) is 118 Å². The fourth-order valence-corrected chi connectivity index (χ4v) is 11.4. The van der Waals surface area contributed by atoms with Crippen LogP contribution in [0.5, 0.6) is 0 Å². The van der Waals surface area contributed by atoms with Crippen molar-refractivity contribution in [3.63, 3.8) is 0 Å². The van der Waals surface area contributed by atoms with Gasteiger partial charge in [0.25, 0.3) is 0 Å². The third-order valence-electron chi connectivity index (χ3n) is 15.0. The predicted octanol–water partition coefficient (Wildman–Crippen LogP) is 18.0. The highest BCUT2D eigenvalue weighted by Crippen LogP contribution is 2.48. The monoisotopic (exact) mass is 940 g/mol. The predicted molar refractivity (Wildman–Crippen MR) is 305 cm³/mol. The Morgan fingerprint density at radius 1 is 0.338 bits per heavy atom. The van der Waals surface area contributed by atoms with E-state index in [1.54, 1.807) is 0 Å². The largest absolute Gasteiger partial charge is 0.208 e. The summed E-state index contributed by atoms with van der Waals surface area (Å²) in [6.45, 7) is 0. The number of hydrogen-bond donors (Lipinski definition) is 0. The van der Waals surface area contributed by atoms with Crippen LogP contribution in [0, 0.1) is 11.3 Å². The molecule has 14 rings (SSSR count). The zero-order valence-electron chi connectivity index (χ0n) is 40.3. The zero-order chi connectivity index (χ0) is 49.1. The lowest BCUT2D eigenvalue weighted by atomic mass is 9.84. The third kappa shape index (κ3) is 7.41. The Bertz CT molecular complexity index is 4310. The molecule has 12 aromatic rings. The van der Waals surface area contributed by atoms with Crippen LogP contribution in [-0.2, 0) is 6.42 Å². The van der Waals surface area contributed by atoms with E-state index in [1.165, 1.54) is 66.1 Å². The van der Waals surface area contributed by atoms with Gasteiger partial charge in [0.05, 0.1) is 11.6 Å². The number of allylic oxidation sites excluding steroid dienone is 1. The number of benzene rings is 11. The fraction of sp³-hybridized carbons (Fsp3) is 0.0286. The van der Waals surface area contributed by atoms with Gasteiger partial charge in [0.2, 0.25) is 0 Å². The standard InChI is InChI=1S/C70H44N4/c71-43-55-40-51(34-36-57(55)59-25-7-9-27-61(59)65-42-53-16-4-5-23-56(53)58-24-6-8-26-60(58)65)49-20-10-19-48(38-49)50-21-11-22-54(39-50)70-73-68(46-14-2-1-3-15-46)72-69(74-70)47-32-30-44(31-33-47)52-35-37-62-63-28-12-17-45-18-13-29-64(67(45)63)66(62)41-52/h1-3,5-15,17-42H,4,16H2. The minimum Gasteiger partial charge on any atom is -0.208 e. The van der Waals surface area contributed by atoms with Gasteiger partial charge in [-0.1, -0.05) is 212 Å². The lowest BCUT2D eigenvalue weighted by molar-refractivity contribution is 0.990. The van der Waals surface area contributed by atoms with E-state index >= 15 is 0 Å². The van der Waals surface area contributed by atoms with Crippen LogP contribution in [0.2, 0.25) is 0 Å². The number of fused-ring (bicyclic) bond motifs is 6. The molecule has 0 fully saturated rings. The Morgan fingerprint density at radius 2 is 0.824 bits per heavy atom. The molecule has 0 saturated carbocycles. The summed E-state index contributed by atoms with van der Waals surface area (Å²) < 4.78 is 0. The Labute approximate surface area is 429 Å². The molecule has 2 aliphatic rings. The molecule has 11 aromatic carbocycles. The van der Waals surface area contributed by atoms with Crippen LogP contribution >= 0.6 is 0 Å². The van der Waals surface area contributed by atoms with E-state index < -0.39 is 0 Å². The molecule has 344 valence electrons. The van der Waals surface area contributed by atoms with E-state index in [2.05, 4.69) is 212 Å². The highest BCUT2D eigenvalue weighted by Gasteiger charge is 2.23. The molecule has 0 amide bonds. The molecule has 0 bridgehead atoms. The van der Waals surface area contributed by atoms with Gasteiger partial charge in [-0.2, -0.15) is 5.26 Å². The van der Waals surface area contributed by atoms with E-state index in [1.807, 2.05) is 36.4 Å². The van der Waals surface area contributed by atoms with Crippen LogP contribution in [-0.4, -0.2) is 15.0 Å². The van der Waals surface area contributed by atoms with Crippen molar-refractivity contribution in [3.05, 3.63) is 253 Å². The highest BCUT2D eigenvalue weighted by molar-refractivity contribution is 6.15. The summed E-state index contributed by atoms with van der Waals surface area (Å²) in [5, 5.41) is 15.8. The van der Waals surface area contributed by atoms with E-state index in [9.17, 15) is 5.26 Å². The van der Waals surface area contributed by atoms with Crippen LogP contribution in [0.1, 0.15) is 23.1 Å². The summed E-state index contributed by atoms with van der Waals surface area (Å²) in [5.41, 5.74) is 21.9. The second kappa shape index (κ2) is 17.8. The van der Waals surface area contributed by atoms with Crippen molar-refractivity contribution in [2.24, 2.45) is 0 Å². The van der Waals surface area contributed by atoms with Crippen LogP contribution in [0.15, 0.2) is 237 Å². The Hall–Kier alpha value is -9.82. The maximum Gasteiger partial charge on any atom is 0.164 e. The fourth-order valence-electron chi connectivity index (χ4n) is 11.4. The molecule has 0 N–H and O–H groups in total. The van der Waals surface area contributed by atoms with Gasteiger partial charge in [-0.3, -0.25) is 0 Å². The summed E-state index contributed by atoms with van der Waals surface area (Å²) in [7, 11) is 0. The van der Waals surface area contributed by atoms with Crippen molar-refractivity contribution < 1.29 is 0 Å². The highest BCUT2D eigenvalue weighted by atomic mass is 15.0. The molecule has 0 unspecified atom stereocenters. The van der Waals surface area contributed by atoms with Gasteiger partial charge in [0, 0.05) is 22.3 Å². The van der Waals surface area contributed by atoms with Crippen molar-refractivity contribution in [2.45, 2.75) is 12.8 Å². The van der Waals surface area contributed by atoms with E-state index in [0.29, 0.717) is 23.0 Å². The average molecular weight is 941 g/mol. The maximum absolute atomic E-state index is 10.8. The van der Waals surface area contributed by atoms with E-state index in [-0.39, 0.29) is 0 Å². The summed E-state index contributed by atoms with van der Waals surface area (Å²) in [6, 6.07) is 84.1. The molecule has 0 spiro atoms. The molecule has 0 aliphatic heterocycles. The molecule has 74 heavy (non-hydrogen) atoms. The van der Waals surface area contributed by atoms with Crippen molar-refractivity contribution in [1.29, 1.82) is 5.26 Å². The molecule has 4 heteroatoms. The second-order valence-corrected chi connectivity index (χ2v) is 19.3. The van der Waals surface area contributed by atoms with Crippen LogP contribution in [0.4, 0.5) is 0 Å². The molecule has 0 saturated heterocycles. The van der Waals surface area contributed by atoms with Crippen molar-refractivity contribution in [2.75, 3.05) is 0 Å². The van der Waals surface area contributed by atoms with Gasteiger partial charge in [-0.05, 0) is 148 Å². The average Bonchev–Trinajstić information content (AvgIpc) is 3.82. The smallest absolute Gasteiger partial charge is 0.164 e. The summed E-state index contributed by atoms with van der Waals surface area (Å²) >= 11 is 0. The first-order chi connectivity index (χ1) is 36.6. The van der Waals surface area contributed by atoms with Gasteiger partial charge < -0.3 is 0 Å². The normalized spacial score (nSPS) is 12.1. The van der Waals surface area contributed by atoms with Crippen LogP contribution in [0.25, 0.3) is 140 Å². The van der Waals surface area contributed by atoms with E-state index in [0.717, 1.165) is 74.0 Å². The Balaban J connectivity index is 0.784. The van der Waals surface area contributed by atoms with Crippen LogP contribution in [0.3, 0.4) is 0 Å². The molecule has 4 nitrogen and oxygen atoms in total. The topological polar surface area (TPSA) is 62.5 Å². The molecule has 0 radical (unpaired) electrons. The molecule has 1 aromatic heterocycles. The number of hydrogen-bond acceptors (Lipinski definition) is 4.